The van der Waals surface area contributed by atoms with E-state index in [1.165, 1.54) is 0 Å². The number of carboxylic acid groups (broad SMARTS) is 6. The Hall–Kier alpha value is -1.35. The molecule has 0 rings (SSSR count). The Balaban J connectivity index is -0.0000000492. The van der Waals surface area contributed by atoms with E-state index < -0.39 is 50.0 Å². The summed E-state index contributed by atoms with van der Waals surface area (Å²) in [6.07, 6.45) is -11.3. The van der Waals surface area contributed by atoms with Gasteiger partial charge in [-0.25, -0.2) is 0 Å². The van der Waals surface area contributed by atoms with Crippen molar-refractivity contribution in [3.63, 3.8) is 0 Å². The van der Waals surface area contributed by atoms with Crippen LogP contribution in [0.15, 0.2) is 0 Å². The van der Waals surface area contributed by atoms with Gasteiger partial charge in [0.05, 0.1) is 13.2 Å². The number of hydrogen-bond donors (Lipinski definition) is 5. The summed E-state index contributed by atoms with van der Waals surface area (Å²) in [7, 11) is 0. The molecule has 0 spiro atoms. The average molecular weight is 444 g/mol. The van der Waals surface area contributed by atoms with Crippen molar-refractivity contribution in [1.29, 1.82) is 0 Å². The minimum atomic E-state index is -2.33. The Bertz CT molecular complexity index is 250. The van der Waals surface area contributed by atoms with E-state index >= 15 is 0 Å². The molecule has 24 heavy (non-hydrogen) atoms. The quantitative estimate of drug-likeness (QED) is 0.252. The molecule has 0 heterocycles. The number of hydrogen-bond acceptors (Lipinski definition) is 14. The maximum Gasteiger partial charge on any atom is 3.00 e. The van der Waals surface area contributed by atoms with Gasteiger partial charge in [0.2, 0.25) is 0 Å². The summed E-state index contributed by atoms with van der Waals surface area (Å²) in [6.45, 7) is -1.28. The largest absolute Gasteiger partial charge is 3.00 e. The van der Waals surface area contributed by atoms with E-state index in [1.54, 1.807) is 0 Å². The third-order valence-corrected chi connectivity index (χ3v) is 1.16. The zero-order valence-corrected chi connectivity index (χ0v) is 13.5. The van der Waals surface area contributed by atoms with Gasteiger partial charge in [-0.2, -0.15) is 0 Å². The van der Waals surface area contributed by atoms with Gasteiger partial charge in [0.25, 0.3) is 0 Å². The van der Waals surface area contributed by atoms with Crippen LogP contribution in [0.3, 0.4) is 0 Å². The van der Waals surface area contributed by atoms with E-state index in [2.05, 4.69) is 0 Å². The van der Waals surface area contributed by atoms with Crippen LogP contribution in [-0.4, -0.2) is 75.5 Å². The molecule has 0 aliphatic carbocycles. The van der Waals surface area contributed by atoms with Crippen LogP contribution in [0.1, 0.15) is 0 Å². The fourth-order valence-electron chi connectivity index (χ4n) is 0.472. The summed E-state index contributed by atoms with van der Waals surface area (Å²) in [4.78, 5) is 25.0. The maximum absolute atomic E-state index is 8.77. The topological polar surface area (TPSA) is 291 Å². The molecule has 0 aromatic carbocycles. The molecule has 0 aromatic heterocycles. The number of carbonyl (C=O) groups excluding carboxylic acids is 3. The van der Waals surface area contributed by atoms with Crippen LogP contribution in [0.2, 0.25) is 0 Å². The Morgan fingerprint density at radius 3 is 0.833 bits per heavy atom. The molecule has 16 heteroatoms. The zero-order chi connectivity index (χ0) is 18.9. The second-order valence-corrected chi connectivity index (χ2v) is 2.74. The van der Waals surface area contributed by atoms with Crippen LogP contribution < -0.4 is 30.6 Å². The summed E-state index contributed by atoms with van der Waals surface area (Å²) in [5, 5.41) is 92.6. The molecule has 0 amide bonds. The minimum Gasteiger partial charge on any atom is -0.652 e. The molecular weight excluding hydrogens is 432 g/mol. The molecule has 0 saturated carbocycles. The van der Waals surface area contributed by atoms with Crippen LogP contribution in [0.4, 0.5) is 14.4 Å². The molecule has 5 N–H and O–H groups in total. The van der Waals surface area contributed by atoms with Gasteiger partial charge in [0.15, 0.2) is 0 Å². The first-order valence-electron chi connectivity index (χ1n) is 4.73. The first-order chi connectivity index (χ1) is 9.83. The fraction of sp³-hybridized carbons (Fsp3) is 0.625. The monoisotopic (exact) mass is 444 g/mol. The van der Waals surface area contributed by atoms with Crippen molar-refractivity contribution in [3.05, 3.63) is 0 Å². The van der Waals surface area contributed by atoms with Gasteiger partial charge in [0, 0.05) is 0 Å². The molecule has 0 aliphatic heterocycles. The van der Waals surface area contributed by atoms with Gasteiger partial charge in [0.1, 0.15) is 18.3 Å². The third-order valence-electron chi connectivity index (χ3n) is 1.16. The van der Waals surface area contributed by atoms with E-state index in [-0.39, 0.29) is 34.1 Å². The average Bonchev–Trinajstić information content (AvgIpc) is 2.33. The van der Waals surface area contributed by atoms with Gasteiger partial charge in [-0.1, -0.05) is 0 Å². The summed E-state index contributed by atoms with van der Waals surface area (Å²) in [5.74, 6) is 0. The molecule has 2 radical (unpaired) electrons. The van der Waals surface area contributed by atoms with Crippen molar-refractivity contribution in [3.8, 4) is 0 Å². The maximum atomic E-state index is 8.77. The van der Waals surface area contributed by atoms with Crippen LogP contribution in [0.25, 0.3) is 0 Å². The SMILES string of the molecule is O=C([O-])[O-].O=C([O-])[O-].O=C([O-])[O-].OC[C@@H](O)C(O)[C@@H](O)CO.[Fe+3].[Fe+3]. The predicted octanol–water partition coefficient (Wildman–Crippen LogP) is -10.3. The van der Waals surface area contributed by atoms with Gasteiger partial charge >= 0.3 is 34.1 Å². The number of aliphatic hydroxyl groups is 5. The Morgan fingerprint density at radius 2 is 0.750 bits per heavy atom. The van der Waals surface area contributed by atoms with Crippen molar-refractivity contribution in [2.24, 2.45) is 0 Å². The molecule has 144 valence electrons. The number of aliphatic hydroxyl groups excluding tert-OH is 5. The Morgan fingerprint density at radius 1 is 0.625 bits per heavy atom. The van der Waals surface area contributed by atoms with Gasteiger partial charge in [-0.3, -0.25) is 0 Å². The van der Waals surface area contributed by atoms with Gasteiger partial charge in [-0.05, 0) is 18.5 Å². The van der Waals surface area contributed by atoms with Gasteiger partial charge in [-0.15, -0.1) is 0 Å². The van der Waals surface area contributed by atoms with E-state index in [4.69, 9.17) is 70.6 Å². The van der Waals surface area contributed by atoms with Crippen LogP contribution in [-0.2, 0) is 34.1 Å². The van der Waals surface area contributed by atoms with Crippen molar-refractivity contribution >= 4 is 18.5 Å². The molecular formula is C8H12Fe2O14. The number of rotatable bonds is 4. The summed E-state index contributed by atoms with van der Waals surface area (Å²) >= 11 is 0. The summed E-state index contributed by atoms with van der Waals surface area (Å²) in [5.41, 5.74) is 0. The first kappa shape index (κ1) is 38.3. The molecule has 1 unspecified atom stereocenters. The Kier molecular flexibility index (Phi) is 42.4. The minimum absolute atomic E-state index is 0. The zero-order valence-electron chi connectivity index (χ0n) is 11.3. The summed E-state index contributed by atoms with van der Waals surface area (Å²) in [6, 6.07) is 0. The van der Waals surface area contributed by atoms with Crippen molar-refractivity contribution in [2.75, 3.05) is 13.2 Å². The smallest absolute Gasteiger partial charge is 0.652 e. The molecule has 0 bridgehead atoms. The summed E-state index contributed by atoms with van der Waals surface area (Å²) < 4.78 is 0. The van der Waals surface area contributed by atoms with E-state index in [0.29, 0.717) is 0 Å². The van der Waals surface area contributed by atoms with E-state index in [9.17, 15) is 0 Å². The van der Waals surface area contributed by atoms with Crippen LogP contribution in [0.5, 0.6) is 0 Å². The number of carbonyl (C=O) groups is 3. The molecule has 0 saturated heterocycles. The van der Waals surface area contributed by atoms with Crippen molar-refractivity contribution in [2.45, 2.75) is 18.3 Å². The molecule has 0 aromatic rings. The predicted molar refractivity (Wildman–Crippen MR) is 48.4 cm³/mol. The Labute approximate surface area is 155 Å². The van der Waals surface area contributed by atoms with Crippen LogP contribution >= 0.6 is 0 Å². The van der Waals surface area contributed by atoms with Crippen LogP contribution in [0, 0.1) is 0 Å². The fourth-order valence-corrected chi connectivity index (χ4v) is 0.472. The second kappa shape index (κ2) is 26.5. The van der Waals surface area contributed by atoms with Gasteiger partial charge < -0.3 is 70.6 Å². The van der Waals surface area contributed by atoms with E-state index in [1.807, 2.05) is 0 Å². The van der Waals surface area contributed by atoms with E-state index in [0.717, 1.165) is 0 Å². The second-order valence-electron chi connectivity index (χ2n) is 2.74. The first-order valence-corrected chi connectivity index (χ1v) is 4.73. The normalized spacial score (nSPS) is 11.4. The molecule has 3 atom stereocenters. The standard InChI is InChI=1S/C5H12O5.3CH2O3.2Fe/c6-1-3(8)5(10)4(9)2-7;3*2-1(3)4;;/h3-10H,1-2H2;3*(H2,2,3,4);;/q;;;;2*+3/p-6/t3-,4+,5?;;;;;. The molecule has 0 fully saturated rings. The third kappa shape index (κ3) is 70.3. The van der Waals surface area contributed by atoms with Crippen molar-refractivity contribution < 1.29 is 105 Å². The molecule has 0 aliphatic rings. The van der Waals surface area contributed by atoms with Crippen molar-refractivity contribution in [1.82, 2.24) is 0 Å². The molecule has 14 nitrogen and oxygen atoms in total.